The van der Waals surface area contributed by atoms with Gasteiger partial charge < -0.3 is 11.1 Å². The second kappa shape index (κ2) is 6.35. The van der Waals surface area contributed by atoms with Gasteiger partial charge >= 0.3 is 0 Å². The van der Waals surface area contributed by atoms with E-state index < -0.39 is 0 Å². The highest BCUT2D eigenvalue weighted by Gasteiger charge is 2.18. The lowest BCUT2D eigenvalue weighted by Crippen LogP contribution is -2.20. The maximum Gasteiger partial charge on any atom is 0.225 e. The SMILES string of the molecule is CC(C)(CCN)CCC(=O)Nc1ccccn1. The van der Waals surface area contributed by atoms with Gasteiger partial charge in [0.1, 0.15) is 5.82 Å². The Morgan fingerprint density at radius 1 is 1.41 bits per heavy atom. The maximum absolute atomic E-state index is 11.7. The number of nitrogens with two attached hydrogens (primary N) is 1. The van der Waals surface area contributed by atoms with Crippen molar-refractivity contribution in [2.24, 2.45) is 11.1 Å². The number of anilines is 1. The number of hydrogen-bond acceptors (Lipinski definition) is 3. The lowest BCUT2D eigenvalue weighted by Gasteiger charge is -2.23. The fraction of sp³-hybridized carbons (Fsp3) is 0.538. The molecule has 1 rings (SSSR count). The summed E-state index contributed by atoms with van der Waals surface area (Å²) in [7, 11) is 0. The number of nitrogens with zero attached hydrogens (tertiary/aromatic N) is 1. The number of rotatable bonds is 6. The van der Waals surface area contributed by atoms with Crippen LogP contribution in [0.25, 0.3) is 0 Å². The van der Waals surface area contributed by atoms with Crippen LogP contribution in [0.3, 0.4) is 0 Å². The van der Waals surface area contributed by atoms with Gasteiger partial charge in [0.25, 0.3) is 0 Å². The summed E-state index contributed by atoms with van der Waals surface area (Å²) < 4.78 is 0. The van der Waals surface area contributed by atoms with E-state index in [1.807, 2.05) is 12.1 Å². The molecule has 0 aromatic carbocycles. The highest BCUT2D eigenvalue weighted by Crippen LogP contribution is 2.25. The monoisotopic (exact) mass is 235 g/mol. The Kier molecular flexibility index (Phi) is 5.10. The van der Waals surface area contributed by atoms with Crippen LogP contribution < -0.4 is 11.1 Å². The summed E-state index contributed by atoms with van der Waals surface area (Å²) in [6.07, 6.45) is 3.93. The molecule has 1 amide bonds. The Balaban J connectivity index is 2.36. The molecule has 0 aliphatic rings. The van der Waals surface area contributed by atoms with Crippen LogP contribution in [-0.4, -0.2) is 17.4 Å². The van der Waals surface area contributed by atoms with Crippen LogP contribution >= 0.6 is 0 Å². The van der Waals surface area contributed by atoms with Gasteiger partial charge in [-0.05, 0) is 36.9 Å². The van der Waals surface area contributed by atoms with Crippen LogP contribution in [0.1, 0.15) is 33.1 Å². The van der Waals surface area contributed by atoms with Gasteiger partial charge in [-0.25, -0.2) is 4.98 Å². The normalized spacial score (nSPS) is 11.2. The molecule has 0 atom stereocenters. The summed E-state index contributed by atoms with van der Waals surface area (Å²) in [5.74, 6) is 0.614. The van der Waals surface area contributed by atoms with Gasteiger partial charge in [-0.1, -0.05) is 19.9 Å². The number of carbonyl (C=O) groups is 1. The number of aromatic nitrogens is 1. The van der Waals surface area contributed by atoms with Gasteiger partial charge in [-0.3, -0.25) is 4.79 Å². The first-order chi connectivity index (χ1) is 8.03. The van der Waals surface area contributed by atoms with Gasteiger partial charge in [0.2, 0.25) is 5.91 Å². The second-order valence-electron chi connectivity index (χ2n) is 4.97. The Labute approximate surface area is 103 Å². The van der Waals surface area contributed by atoms with Crippen LogP contribution in [0.2, 0.25) is 0 Å². The summed E-state index contributed by atoms with van der Waals surface area (Å²) in [5, 5.41) is 2.78. The van der Waals surface area contributed by atoms with E-state index in [2.05, 4.69) is 24.1 Å². The van der Waals surface area contributed by atoms with Crippen LogP contribution in [-0.2, 0) is 4.79 Å². The molecule has 0 saturated carbocycles. The van der Waals surface area contributed by atoms with Crippen molar-refractivity contribution in [3.8, 4) is 0 Å². The fourth-order valence-electron chi connectivity index (χ4n) is 1.61. The molecule has 94 valence electrons. The predicted octanol–water partition coefficient (Wildman–Crippen LogP) is 2.18. The average Bonchev–Trinajstić information content (AvgIpc) is 2.28. The van der Waals surface area contributed by atoms with Gasteiger partial charge in [-0.2, -0.15) is 0 Å². The topological polar surface area (TPSA) is 68.0 Å². The number of pyridine rings is 1. The smallest absolute Gasteiger partial charge is 0.225 e. The molecule has 0 aliphatic heterocycles. The summed E-state index contributed by atoms with van der Waals surface area (Å²) in [6, 6.07) is 5.45. The number of hydrogen-bond donors (Lipinski definition) is 2. The van der Waals surface area contributed by atoms with E-state index in [1.165, 1.54) is 0 Å². The second-order valence-corrected chi connectivity index (χ2v) is 4.97. The molecular weight excluding hydrogens is 214 g/mol. The van der Waals surface area contributed by atoms with E-state index in [1.54, 1.807) is 12.3 Å². The Morgan fingerprint density at radius 3 is 2.76 bits per heavy atom. The van der Waals surface area contributed by atoms with E-state index >= 15 is 0 Å². The standard InChI is InChI=1S/C13H21N3O/c1-13(2,8-9-14)7-6-12(17)16-11-5-3-4-10-15-11/h3-5,10H,6-9,14H2,1-2H3,(H,15,16,17). The summed E-state index contributed by atoms with van der Waals surface area (Å²) in [6.45, 7) is 4.93. The quantitative estimate of drug-likeness (QED) is 0.794. The van der Waals surface area contributed by atoms with Crippen LogP contribution in [0.5, 0.6) is 0 Å². The van der Waals surface area contributed by atoms with Crippen molar-refractivity contribution in [1.29, 1.82) is 0 Å². The van der Waals surface area contributed by atoms with Crippen molar-refractivity contribution in [3.63, 3.8) is 0 Å². The molecule has 17 heavy (non-hydrogen) atoms. The average molecular weight is 235 g/mol. The zero-order valence-corrected chi connectivity index (χ0v) is 10.6. The van der Waals surface area contributed by atoms with Crippen molar-refractivity contribution < 1.29 is 4.79 Å². The van der Waals surface area contributed by atoms with Gasteiger partial charge in [-0.15, -0.1) is 0 Å². The molecule has 0 radical (unpaired) electrons. The minimum atomic E-state index is 0.00814. The highest BCUT2D eigenvalue weighted by atomic mass is 16.1. The molecule has 4 heteroatoms. The molecule has 1 aromatic heterocycles. The molecule has 0 unspecified atom stereocenters. The molecular formula is C13H21N3O. The first kappa shape index (κ1) is 13.6. The largest absolute Gasteiger partial charge is 0.330 e. The van der Waals surface area contributed by atoms with E-state index in [4.69, 9.17) is 5.73 Å². The first-order valence-electron chi connectivity index (χ1n) is 5.94. The lowest BCUT2D eigenvalue weighted by atomic mass is 9.84. The Morgan fingerprint density at radius 2 is 2.18 bits per heavy atom. The van der Waals surface area contributed by atoms with E-state index in [0.29, 0.717) is 18.8 Å². The molecule has 0 fully saturated rings. The number of amides is 1. The molecule has 0 bridgehead atoms. The van der Waals surface area contributed by atoms with Crippen LogP contribution in [0, 0.1) is 5.41 Å². The number of nitrogens with one attached hydrogen (secondary N) is 1. The third-order valence-electron chi connectivity index (χ3n) is 2.78. The van der Waals surface area contributed by atoms with Crippen molar-refractivity contribution in [2.45, 2.75) is 33.1 Å². The van der Waals surface area contributed by atoms with Crippen molar-refractivity contribution >= 4 is 11.7 Å². The highest BCUT2D eigenvalue weighted by molar-refractivity contribution is 5.89. The minimum absolute atomic E-state index is 0.00814. The summed E-state index contributed by atoms with van der Waals surface area (Å²) in [5.41, 5.74) is 5.66. The molecule has 0 aliphatic carbocycles. The molecule has 1 heterocycles. The zero-order chi connectivity index (χ0) is 12.7. The van der Waals surface area contributed by atoms with Gasteiger partial charge in [0.15, 0.2) is 0 Å². The minimum Gasteiger partial charge on any atom is -0.330 e. The Bertz CT molecular complexity index is 349. The first-order valence-corrected chi connectivity index (χ1v) is 5.94. The number of carbonyl (C=O) groups excluding carboxylic acids is 1. The van der Waals surface area contributed by atoms with Crippen molar-refractivity contribution in [1.82, 2.24) is 4.98 Å². The molecule has 3 N–H and O–H groups in total. The molecule has 0 saturated heterocycles. The van der Waals surface area contributed by atoms with Crippen molar-refractivity contribution in [2.75, 3.05) is 11.9 Å². The zero-order valence-electron chi connectivity index (χ0n) is 10.6. The lowest BCUT2D eigenvalue weighted by molar-refractivity contribution is -0.116. The summed E-state index contributed by atoms with van der Waals surface area (Å²) in [4.78, 5) is 15.7. The third kappa shape index (κ3) is 5.45. The predicted molar refractivity (Wildman–Crippen MR) is 69.6 cm³/mol. The van der Waals surface area contributed by atoms with Gasteiger partial charge in [0.05, 0.1) is 0 Å². The molecule has 1 aromatic rings. The fourth-order valence-corrected chi connectivity index (χ4v) is 1.61. The van der Waals surface area contributed by atoms with E-state index in [9.17, 15) is 4.79 Å². The van der Waals surface area contributed by atoms with E-state index in [0.717, 1.165) is 12.8 Å². The molecule has 0 spiro atoms. The van der Waals surface area contributed by atoms with E-state index in [-0.39, 0.29) is 11.3 Å². The summed E-state index contributed by atoms with van der Waals surface area (Å²) >= 11 is 0. The Hall–Kier alpha value is -1.42. The third-order valence-corrected chi connectivity index (χ3v) is 2.78. The van der Waals surface area contributed by atoms with Crippen LogP contribution in [0.15, 0.2) is 24.4 Å². The van der Waals surface area contributed by atoms with Crippen LogP contribution in [0.4, 0.5) is 5.82 Å². The van der Waals surface area contributed by atoms with Crippen molar-refractivity contribution in [3.05, 3.63) is 24.4 Å². The maximum atomic E-state index is 11.7. The van der Waals surface area contributed by atoms with Gasteiger partial charge in [0, 0.05) is 12.6 Å². The molecule has 4 nitrogen and oxygen atoms in total.